The monoisotopic (exact) mass is 273 g/mol. The molecule has 0 fully saturated rings. The Morgan fingerprint density at radius 3 is 2.90 bits per heavy atom. The van der Waals surface area contributed by atoms with E-state index in [2.05, 4.69) is 15.3 Å². The first kappa shape index (κ1) is 14.0. The lowest BCUT2D eigenvalue weighted by Gasteiger charge is -2.16. The van der Waals surface area contributed by atoms with Crippen LogP contribution in [0.4, 0.5) is 5.69 Å². The molecule has 6 heteroatoms. The molecule has 0 saturated carbocycles. The van der Waals surface area contributed by atoms with Gasteiger partial charge in [0.25, 0.3) is 5.91 Å². The Bertz CT molecular complexity index is 550. The highest BCUT2D eigenvalue weighted by Crippen LogP contribution is 2.15. The van der Waals surface area contributed by atoms with Crippen LogP contribution in [-0.2, 0) is 6.54 Å². The van der Waals surface area contributed by atoms with Gasteiger partial charge in [0.2, 0.25) is 0 Å². The highest BCUT2D eigenvalue weighted by Gasteiger charge is 2.11. The van der Waals surface area contributed by atoms with Gasteiger partial charge in [0.15, 0.2) is 0 Å². The third kappa shape index (κ3) is 3.57. The quantitative estimate of drug-likeness (QED) is 0.802. The molecule has 2 aromatic rings. The van der Waals surface area contributed by atoms with Crippen molar-refractivity contribution in [3.63, 3.8) is 0 Å². The summed E-state index contributed by atoms with van der Waals surface area (Å²) in [5, 5.41) is 2.93. The summed E-state index contributed by atoms with van der Waals surface area (Å²) in [6, 6.07) is 1.74. The first-order valence-corrected chi connectivity index (χ1v) is 6.54. The maximum atomic E-state index is 12.1. The van der Waals surface area contributed by atoms with Crippen molar-refractivity contribution in [3.8, 4) is 0 Å². The molecule has 0 unspecified atom stereocenters. The fourth-order valence-electron chi connectivity index (χ4n) is 1.91. The number of rotatable bonds is 6. The predicted molar refractivity (Wildman–Crippen MR) is 77.7 cm³/mol. The summed E-state index contributed by atoms with van der Waals surface area (Å²) in [5.41, 5.74) is 1.47. The summed E-state index contributed by atoms with van der Waals surface area (Å²) in [7, 11) is 3.79. The van der Waals surface area contributed by atoms with Crippen LogP contribution >= 0.6 is 0 Å². The zero-order chi connectivity index (χ0) is 14.4. The Hall–Kier alpha value is -2.37. The fraction of sp³-hybridized carbons (Fsp3) is 0.357. The Morgan fingerprint density at radius 1 is 1.35 bits per heavy atom. The van der Waals surface area contributed by atoms with E-state index in [0.29, 0.717) is 12.1 Å². The number of pyridine rings is 1. The zero-order valence-electron chi connectivity index (χ0n) is 11.8. The van der Waals surface area contributed by atoms with Gasteiger partial charge in [-0.1, -0.05) is 0 Å². The Kier molecular flexibility index (Phi) is 4.70. The highest BCUT2D eigenvalue weighted by molar-refractivity contribution is 5.99. The average molecular weight is 273 g/mol. The SMILES string of the molecule is CN(C)c1cnccc1C(=O)NCCCn1ccnc1. The van der Waals surface area contributed by atoms with Crippen molar-refractivity contribution in [1.82, 2.24) is 19.9 Å². The smallest absolute Gasteiger partial charge is 0.253 e. The van der Waals surface area contributed by atoms with Crippen LogP contribution < -0.4 is 10.2 Å². The zero-order valence-corrected chi connectivity index (χ0v) is 11.8. The van der Waals surface area contributed by atoms with E-state index in [1.807, 2.05) is 29.8 Å². The molecule has 6 nitrogen and oxygen atoms in total. The van der Waals surface area contributed by atoms with Gasteiger partial charge < -0.3 is 14.8 Å². The second-order valence-electron chi connectivity index (χ2n) is 4.70. The number of hydrogen-bond donors (Lipinski definition) is 1. The average Bonchev–Trinajstić information content (AvgIpc) is 2.96. The van der Waals surface area contributed by atoms with Crippen molar-refractivity contribution in [1.29, 1.82) is 0 Å². The molecule has 0 aliphatic carbocycles. The minimum absolute atomic E-state index is 0.0678. The predicted octanol–water partition coefficient (Wildman–Crippen LogP) is 1.16. The normalized spacial score (nSPS) is 10.3. The number of anilines is 1. The molecule has 0 aliphatic heterocycles. The highest BCUT2D eigenvalue weighted by atomic mass is 16.1. The van der Waals surface area contributed by atoms with Crippen molar-refractivity contribution < 1.29 is 4.79 Å². The lowest BCUT2D eigenvalue weighted by atomic mass is 10.2. The number of aryl methyl sites for hydroxylation is 1. The number of nitrogens with one attached hydrogen (secondary N) is 1. The number of aromatic nitrogens is 3. The van der Waals surface area contributed by atoms with Gasteiger partial charge in [-0.25, -0.2) is 4.98 Å². The molecule has 106 valence electrons. The van der Waals surface area contributed by atoms with Crippen LogP contribution in [0.1, 0.15) is 16.8 Å². The third-order valence-corrected chi connectivity index (χ3v) is 2.96. The standard InChI is InChI=1S/C14H19N5O/c1-18(2)13-10-15-6-4-12(13)14(20)17-5-3-8-19-9-7-16-11-19/h4,6-7,9-11H,3,5,8H2,1-2H3,(H,17,20). The Labute approximate surface area is 118 Å². The molecule has 0 atom stereocenters. The number of imidazole rings is 1. The van der Waals surface area contributed by atoms with Gasteiger partial charge in [-0.15, -0.1) is 0 Å². The van der Waals surface area contributed by atoms with Crippen molar-refractivity contribution in [2.24, 2.45) is 0 Å². The first-order chi connectivity index (χ1) is 9.68. The van der Waals surface area contributed by atoms with E-state index in [1.165, 1.54) is 0 Å². The van der Waals surface area contributed by atoms with Crippen molar-refractivity contribution >= 4 is 11.6 Å². The van der Waals surface area contributed by atoms with Crippen LogP contribution in [0.15, 0.2) is 37.2 Å². The van der Waals surface area contributed by atoms with E-state index in [1.54, 1.807) is 31.0 Å². The molecule has 0 aliphatic rings. The minimum atomic E-state index is -0.0678. The number of hydrogen-bond acceptors (Lipinski definition) is 4. The minimum Gasteiger partial charge on any atom is -0.376 e. The molecule has 2 aromatic heterocycles. The molecule has 1 N–H and O–H groups in total. The molecular formula is C14H19N5O. The van der Waals surface area contributed by atoms with Crippen LogP contribution in [0.2, 0.25) is 0 Å². The van der Waals surface area contributed by atoms with E-state index in [9.17, 15) is 4.79 Å². The Morgan fingerprint density at radius 2 is 2.20 bits per heavy atom. The topological polar surface area (TPSA) is 63.1 Å². The summed E-state index contributed by atoms with van der Waals surface area (Å²) in [4.78, 5) is 22.1. The molecule has 20 heavy (non-hydrogen) atoms. The molecule has 0 radical (unpaired) electrons. The summed E-state index contributed by atoms with van der Waals surface area (Å²) in [6.07, 6.45) is 9.63. The van der Waals surface area contributed by atoms with Gasteiger partial charge in [0.05, 0.1) is 23.8 Å². The van der Waals surface area contributed by atoms with E-state index in [-0.39, 0.29) is 5.91 Å². The van der Waals surface area contributed by atoms with Crippen LogP contribution in [0.5, 0.6) is 0 Å². The number of nitrogens with zero attached hydrogens (tertiary/aromatic N) is 4. The molecule has 0 aromatic carbocycles. The number of carbonyl (C=O) groups is 1. The van der Waals surface area contributed by atoms with Gasteiger partial charge in [-0.2, -0.15) is 0 Å². The summed E-state index contributed by atoms with van der Waals surface area (Å²) < 4.78 is 1.99. The number of amides is 1. The van der Waals surface area contributed by atoms with E-state index < -0.39 is 0 Å². The van der Waals surface area contributed by atoms with Crippen LogP contribution in [0.3, 0.4) is 0 Å². The van der Waals surface area contributed by atoms with E-state index in [4.69, 9.17) is 0 Å². The van der Waals surface area contributed by atoms with E-state index >= 15 is 0 Å². The largest absolute Gasteiger partial charge is 0.376 e. The first-order valence-electron chi connectivity index (χ1n) is 6.54. The molecule has 1 amide bonds. The summed E-state index contributed by atoms with van der Waals surface area (Å²) >= 11 is 0. The van der Waals surface area contributed by atoms with E-state index in [0.717, 1.165) is 18.7 Å². The van der Waals surface area contributed by atoms with Crippen molar-refractivity contribution in [2.45, 2.75) is 13.0 Å². The van der Waals surface area contributed by atoms with Crippen LogP contribution in [0, 0.1) is 0 Å². The second kappa shape index (κ2) is 6.70. The Balaban J connectivity index is 1.86. The van der Waals surface area contributed by atoms with Crippen molar-refractivity contribution in [3.05, 3.63) is 42.7 Å². The molecule has 0 spiro atoms. The van der Waals surface area contributed by atoms with Crippen LogP contribution in [-0.4, -0.2) is 41.1 Å². The summed E-state index contributed by atoms with van der Waals surface area (Å²) in [5.74, 6) is -0.0678. The molecule has 2 heterocycles. The molecule has 2 rings (SSSR count). The van der Waals surface area contributed by atoms with Crippen LogP contribution in [0.25, 0.3) is 0 Å². The lowest BCUT2D eigenvalue weighted by Crippen LogP contribution is -2.27. The molecular weight excluding hydrogens is 254 g/mol. The van der Waals surface area contributed by atoms with Gasteiger partial charge in [-0.3, -0.25) is 9.78 Å². The van der Waals surface area contributed by atoms with Crippen molar-refractivity contribution in [2.75, 3.05) is 25.5 Å². The molecule has 0 bridgehead atoms. The fourth-order valence-corrected chi connectivity index (χ4v) is 1.91. The lowest BCUT2D eigenvalue weighted by molar-refractivity contribution is 0.0953. The van der Waals surface area contributed by atoms with Gasteiger partial charge in [-0.05, 0) is 12.5 Å². The third-order valence-electron chi connectivity index (χ3n) is 2.96. The van der Waals surface area contributed by atoms with Gasteiger partial charge in [0, 0.05) is 45.8 Å². The maximum Gasteiger partial charge on any atom is 0.253 e. The maximum absolute atomic E-state index is 12.1. The second-order valence-corrected chi connectivity index (χ2v) is 4.70. The number of carbonyl (C=O) groups excluding carboxylic acids is 1. The van der Waals surface area contributed by atoms with Gasteiger partial charge in [0.1, 0.15) is 0 Å². The molecule has 0 saturated heterocycles. The van der Waals surface area contributed by atoms with Gasteiger partial charge >= 0.3 is 0 Å². The summed E-state index contributed by atoms with van der Waals surface area (Å²) in [6.45, 7) is 1.48.